The highest BCUT2D eigenvalue weighted by molar-refractivity contribution is 5.71. The number of unbranched alkanes of at least 4 members (excludes halogenated alkanes) is 8. The molecule has 0 radical (unpaired) electrons. The number of nitrogens with zero attached hydrogens (tertiary/aromatic N) is 18. The summed E-state index contributed by atoms with van der Waals surface area (Å²) < 4.78 is 103. The zero-order valence-electron chi connectivity index (χ0n) is 91.1. The molecule has 3 saturated heterocycles. The third-order valence-electron chi connectivity index (χ3n) is 26.3. The highest BCUT2D eigenvalue weighted by Crippen LogP contribution is 2.34. The number of ether oxygens (including phenoxy) is 1. The molecule has 802 valence electrons. The molecule has 0 aliphatic carbocycles. The molecule has 0 saturated carbocycles. The average Bonchev–Trinajstić information content (AvgIpc) is 1.19. The average molecular weight is 2060 g/mol. The molecule has 6 aromatic carbocycles. The molecule has 27 nitrogen and oxygen atoms in total. The number of carboxylic acid groups (broad SMARTS) is 1. The zero-order chi connectivity index (χ0) is 109. The van der Waals surface area contributed by atoms with E-state index in [1.807, 2.05) is 40.7 Å². The maximum atomic E-state index is 15.1. The number of piperidine rings is 1. The van der Waals surface area contributed by atoms with Crippen LogP contribution in [0.5, 0.6) is 0 Å². The fourth-order valence-corrected chi connectivity index (χ4v) is 19.4. The normalized spacial score (nSPS) is 14.0. The Labute approximate surface area is 872 Å². The summed E-state index contributed by atoms with van der Waals surface area (Å²) >= 11 is 0. The molecule has 0 bridgehead atoms. The van der Waals surface area contributed by atoms with Crippen LogP contribution in [0.15, 0.2) is 174 Å². The maximum Gasteiger partial charge on any atom is 0.306 e. The lowest BCUT2D eigenvalue weighted by atomic mass is 9.96. The van der Waals surface area contributed by atoms with E-state index in [1.165, 1.54) is 139 Å². The fourth-order valence-electron chi connectivity index (χ4n) is 19.4. The number of carboxylic acids is 1. The van der Waals surface area contributed by atoms with E-state index in [0.717, 1.165) is 104 Å². The highest BCUT2D eigenvalue weighted by atomic mass is 19.1. The van der Waals surface area contributed by atoms with Crippen LogP contribution in [0.3, 0.4) is 0 Å². The third kappa shape index (κ3) is 32.0. The number of aryl methyl sites for hydroxylation is 12. The lowest BCUT2D eigenvalue weighted by molar-refractivity contribution is -0.142. The van der Waals surface area contributed by atoms with E-state index in [2.05, 4.69) is 100.0 Å². The van der Waals surface area contributed by atoms with Gasteiger partial charge in [0, 0.05) is 172 Å². The van der Waals surface area contributed by atoms with Gasteiger partial charge in [0.15, 0.2) is 0 Å². The van der Waals surface area contributed by atoms with Gasteiger partial charge in [-0.05, 0) is 233 Å². The molecule has 149 heavy (non-hydrogen) atoms. The predicted molar refractivity (Wildman–Crippen MR) is 586 cm³/mol. The monoisotopic (exact) mass is 2060 g/mol. The first kappa shape index (κ1) is 117. The van der Waals surface area contributed by atoms with Gasteiger partial charge in [-0.15, -0.1) is 0 Å². The Bertz CT molecular complexity index is 6880. The maximum absolute atomic E-state index is 15.1. The fraction of sp³-hybridized carbons (Fsp3) is 0.474. The Morgan fingerprint density at radius 2 is 0.584 bits per heavy atom. The van der Waals surface area contributed by atoms with Crippen LogP contribution in [0.1, 0.15) is 241 Å². The topological polar surface area (TPSA) is 275 Å². The van der Waals surface area contributed by atoms with Gasteiger partial charge in [0.1, 0.15) is 69.8 Å². The number of anilines is 6. The smallest absolute Gasteiger partial charge is 0.306 e. The van der Waals surface area contributed by atoms with Gasteiger partial charge in [-0.2, -0.15) is 0 Å². The summed E-state index contributed by atoms with van der Waals surface area (Å²) in [7, 11) is 0. The van der Waals surface area contributed by atoms with Crippen molar-refractivity contribution in [2.75, 3.05) is 108 Å². The molecule has 0 unspecified atom stereocenters. The number of hydrogen-bond donors (Lipinski definition) is 1. The summed E-state index contributed by atoms with van der Waals surface area (Å²) in [6, 6.07) is 38.5. The van der Waals surface area contributed by atoms with Crippen molar-refractivity contribution >= 4 is 40.1 Å². The van der Waals surface area contributed by atoms with Crippen molar-refractivity contribution in [3.05, 3.63) is 312 Å². The molecule has 12 aromatic rings. The number of carbonyl (C=O) groups is 1. The molecule has 0 amide bonds. The number of aliphatic carboxylic acids is 1. The van der Waals surface area contributed by atoms with Crippen molar-refractivity contribution in [1.29, 1.82) is 0 Å². The Morgan fingerprint density at radius 1 is 0.336 bits per heavy atom. The van der Waals surface area contributed by atoms with Crippen LogP contribution in [0, 0.1) is 136 Å². The first-order valence-electron chi connectivity index (χ1n) is 52.5. The minimum absolute atomic E-state index is 0.0969. The van der Waals surface area contributed by atoms with E-state index in [4.69, 9.17) is 9.84 Å². The molecule has 6 aromatic heterocycles. The van der Waals surface area contributed by atoms with Gasteiger partial charge in [0.2, 0.25) is 0 Å². The van der Waals surface area contributed by atoms with Crippen LogP contribution in [-0.4, -0.2) is 159 Å². The second-order valence-electron chi connectivity index (χ2n) is 40.0. The predicted octanol–water partition coefficient (Wildman–Crippen LogP) is 21.9. The Kier molecular flexibility index (Phi) is 43.8. The standard InChI is InChI=1S/C24H36FN3O.2C20H28FN3O.C18H20FN3O3.C18H22FN3O2.C16H18FN3O/c1-5-7-9-11-15-27(16-12-10-8-6-2)23-14-13-21(18-22(23)25)28-20(4)26-19(3)17-24(28)29;1-13(2)11-23(12-14(3)4)19-8-7-17(10-18(19)21)24-16(6)22-15(5)9-20(24)25;1-5-7-11-23(12-8-6-2)19-10-9-17(14-18(19)21)24-16(4)22-15(3)13-20(24)25;1-11-9-17(23)22(12(2)20-11)14-3-4-16(15(19)10-14)21-7-5-13(6-8-21)18(24)25;1-11-7-18(23)22(14(4)20-11)15-5-6-17(16(19)8-15)21-12(2)9-24-10-13(21)3;1-11-9-16(21)20(12(2)18-11)13-5-6-15(14(17)10-13)19-7-3-4-8-19/h13-14,17-18H,5-12,15-16H2,1-4H3;7-10,13-14H,11-12H2,1-6H3;9-10,13-14H,5-8,11-12H2,1-4H3;3-4,9-10,13H,5-8H2,1-2H3,(H,24,25);5-8,12-13H,9-10H2,1-4H3;5-6,9-10H,3-4,7-8H2,1-2H3/t;;;;12-,13-;/m....1./s1. The van der Waals surface area contributed by atoms with Crippen molar-refractivity contribution in [2.24, 2.45) is 17.8 Å². The Hall–Kier alpha value is -13.6. The molecule has 1 N–H and O–H groups in total. The minimum atomic E-state index is -0.794. The van der Waals surface area contributed by atoms with Gasteiger partial charge in [-0.25, -0.2) is 56.2 Å². The molecule has 3 aliphatic rings. The van der Waals surface area contributed by atoms with Gasteiger partial charge >= 0.3 is 5.97 Å². The summed E-state index contributed by atoms with van der Waals surface area (Å²) in [5, 5.41) is 9.05. The largest absolute Gasteiger partial charge is 0.481 e. The summed E-state index contributed by atoms with van der Waals surface area (Å²) in [6.07, 6.45) is 16.7. The highest BCUT2D eigenvalue weighted by Gasteiger charge is 2.31. The van der Waals surface area contributed by atoms with Gasteiger partial charge in [-0.1, -0.05) is 107 Å². The van der Waals surface area contributed by atoms with E-state index in [1.54, 1.807) is 144 Å². The van der Waals surface area contributed by atoms with Crippen LogP contribution < -0.4 is 62.8 Å². The first-order chi connectivity index (χ1) is 70.9. The molecule has 3 aliphatic heterocycles. The van der Waals surface area contributed by atoms with Crippen molar-refractivity contribution < 1.29 is 41.0 Å². The van der Waals surface area contributed by atoms with Crippen molar-refractivity contribution in [3.63, 3.8) is 0 Å². The van der Waals surface area contributed by atoms with Gasteiger partial charge in [0.25, 0.3) is 33.4 Å². The second-order valence-corrected chi connectivity index (χ2v) is 40.0. The van der Waals surface area contributed by atoms with E-state index < -0.39 is 11.8 Å². The van der Waals surface area contributed by atoms with Crippen molar-refractivity contribution in [1.82, 2.24) is 57.3 Å². The van der Waals surface area contributed by atoms with Crippen molar-refractivity contribution in [2.45, 2.75) is 267 Å². The molecule has 2 atom stereocenters. The van der Waals surface area contributed by atoms with Crippen LogP contribution in [0.2, 0.25) is 0 Å². The SMILES string of the molecule is CCCCCCN(CCCCCC)c1ccc(-n2c(C)nc(C)cc2=O)cc1F.CCCCN(CCCC)c1ccc(-n2c(C)nc(C)cc2=O)cc1F.Cc1cc(=O)n(-c2ccc(N(CC(C)C)CC(C)C)c(F)c2)c(C)n1.Cc1cc(=O)n(-c2ccc(N3CCC(C(=O)O)CC3)c(F)c2)c(C)n1.Cc1cc(=O)n(-c2ccc(N3CCCC3)c(F)c2)c(C)n1.Cc1cc(=O)n(-c2ccc(N3[C@H](C)COC[C@H]3C)c(F)c2)c(C)n1. The number of hydrogen-bond acceptors (Lipinski definition) is 20. The van der Waals surface area contributed by atoms with E-state index in [9.17, 15) is 55.5 Å². The van der Waals surface area contributed by atoms with Crippen molar-refractivity contribution in [3.8, 4) is 34.1 Å². The van der Waals surface area contributed by atoms with E-state index in [-0.39, 0.29) is 80.4 Å². The number of benzene rings is 6. The van der Waals surface area contributed by atoms with Crippen LogP contribution in [0.25, 0.3) is 34.1 Å². The van der Waals surface area contributed by atoms with E-state index in [0.29, 0.717) is 188 Å². The van der Waals surface area contributed by atoms with Gasteiger partial charge in [-0.3, -0.25) is 61.0 Å². The lowest BCUT2D eigenvalue weighted by Gasteiger charge is -2.40. The molecule has 3 fully saturated rings. The summed E-state index contributed by atoms with van der Waals surface area (Å²) in [5.41, 5.74) is 9.11. The van der Waals surface area contributed by atoms with Crippen LogP contribution >= 0.6 is 0 Å². The number of morpholine rings is 1. The number of rotatable bonds is 33. The molecule has 9 heterocycles. The number of halogens is 6. The minimum Gasteiger partial charge on any atom is -0.481 e. The first-order valence-corrected chi connectivity index (χ1v) is 52.5. The second kappa shape index (κ2) is 55.6. The van der Waals surface area contributed by atoms with Gasteiger partial charge in [0.05, 0.1) is 99.5 Å². The Morgan fingerprint density at radius 3 is 0.832 bits per heavy atom. The van der Waals surface area contributed by atoms with Gasteiger partial charge < -0.3 is 39.2 Å². The quantitative estimate of drug-likeness (QED) is 0.0295. The molecule has 15 rings (SSSR count). The van der Waals surface area contributed by atoms with Crippen LogP contribution in [0.4, 0.5) is 60.5 Å². The van der Waals surface area contributed by atoms with E-state index >= 15 is 4.39 Å². The third-order valence-corrected chi connectivity index (χ3v) is 26.3. The van der Waals surface area contributed by atoms with Crippen LogP contribution in [-0.2, 0) is 9.53 Å². The summed E-state index contributed by atoms with van der Waals surface area (Å²) in [5.74, 6) is 1.04. The number of aromatic nitrogens is 12. The summed E-state index contributed by atoms with van der Waals surface area (Å²) in [4.78, 5) is 123. The molecule has 0 spiro atoms. The molecular weight excluding hydrogens is 1900 g/mol. The molecular formula is C116H152F6N18O9. The Balaban J connectivity index is 0.000000183. The molecule has 33 heteroatoms. The zero-order valence-corrected chi connectivity index (χ0v) is 91.1. The lowest BCUT2D eigenvalue weighted by Crippen LogP contribution is -2.50. The summed E-state index contributed by atoms with van der Waals surface area (Å²) in [6.45, 7) is 51.2.